The summed E-state index contributed by atoms with van der Waals surface area (Å²) in [6.07, 6.45) is 0. The van der Waals surface area contributed by atoms with Gasteiger partial charge in [0, 0.05) is 44.7 Å². The number of hydrogen-bond donors (Lipinski definition) is 0. The third-order valence-corrected chi connectivity index (χ3v) is 5.05. The number of aromatic nitrogens is 2. The molecule has 2 heterocycles. The highest BCUT2D eigenvalue weighted by atomic mass is 16.5. The number of benzene rings is 1. The predicted octanol–water partition coefficient (Wildman–Crippen LogP) is 1.56. The fourth-order valence-corrected chi connectivity index (χ4v) is 3.36. The Kier molecular flexibility index (Phi) is 6.31. The Balaban J connectivity index is 1.77. The topological polar surface area (TPSA) is 84.7 Å². The summed E-state index contributed by atoms with van der Waals surface area (Å²) in [5, 5.41) is 4.43. The Morgan fingerprint density at radius 2 is 1.66 bits per heavy atom. The summed E-state index contributed by atoms with van der Waals surface area (Å²) >= 11 is 0. The average Bonchev–Trinajstić information content (AvgIpc) is 2.74. The predicted molar refractivity (Wildman–Crippen MR) is 109 cm³/mol. The molecule has 0 bridgehead atoms. The maximum atomic E-state index is 12.9. The minimum atomic E-state index is -0.728. The molecule has 154 valence electrons. The van der Waals surface area contributed by atoms with E-state index in [1.807, 2.05) is 31.2 Å². The quantitative estimate of drug-likeness (QED) is 0.763. The van der Waals surface area contributed by atoms with Gasteiger partial charge in [-0.2, -0.15) is 5.10 Å². The van der Waals surface area contributed by atoms with Crippen LogP contribution in [0, 0.1) is 0 Å². The molecule has 1 aromatic carbocycles. The van der Waals surface area contributed by atoms with E-state index in [1.54, 1.807) is 22.8 Å². The van der Waals surface area contributed by atoms with Gasteiger partial charge in [-0.15, -0.1) is 0 Å². The lowest BCUT2D eigenvalue weighted by Crippen LogP contribution is -2.52. The van der Waals surface area contributed by atoms with E-state index >= 15 is 0 Å². The second kappa shape index (κ2) is 8.89. The van der Waals surface area contributed by atoms with Crippen LogP contribution in [0.4, 0.5) is 0 Å². The number of nitrogens with zero attached hydrogens (tertiary/aromatic N) is 4. The first-order valence-electron chi connectivity index (χ1n) is 9.78. The van der Waals surface area contributed by atoms with Crippen LogP contribution in [0.3, 0.4) is 0 Å². The minimum absolute atomic E-state index is 0.00564. The zero-order valence-corrected chi connectivity index (χ0v) is 17.0. The smallest absolute Gasteiger partial charge is 0.267 e. The van der Waals surface area contributed by atoms with Crippen molar-refractivity contribution in [3.63, 3.8) is 0 Å². The summed E-state index contributed by atoms with van der Waals surface area (Å²) in [4.78, 5) is 40.1. The Morgan fingerprint density at radius 1 is 1.03 bits per heavy atom. The summed E-state index contributed by atoms with van der Waals surface area (Å²) in [6.45, 7) is 7.62. The van der Waals surface area contributed by atoms with Gasteiger partial charge in [0.2, 0.25) is 11.8 Å². The molecular weight excluding hydrogens is 372 g/mol. The summed E-state index contributed by atoms with van der Waals surface area (Å²) in [5.41, 5.74) is 1.11. The maximum Gasteiger partial charge on any atom is 0.267 e. The SMILES string of the molecule is CCOc1ccc(-c2ccc(=O)n(C(C)C(=O)N3CCN(C(C)=O)CC3)n2)cc1. The molecule has 0 spiro atoms. The standard InChI is InChI=1S/C21H26N4O4/c1-4-29-18-7-5-17(6-8-18)19-9-10-20(27)25(22-19)15(2)21(28)24-13-11-23(12-14-24)16(3)26/h5-10,15H,4,11-14H2,1-3H3. The first kappa shape index (κ1) is 20.6. The number of hydrogen-bond acceptors (Lipinski definition) is 5. The van der Waals surface area contributed by atoms with E-state index < -0.39 is 6.04 Å². The zero-order chi connectivity index (χ0) is 21.0. The van der Waals surface area contributed by atoms with Crippen LogP contribution in [0.25, 0.3) is 11.3 Å². The van der Waals surface area contributed by atoms with E-state index in [-0.39, 0.29) is 17.4 Å². The molecule has 1 aromatic heterocycles. The number of piperazine rings is 1. The van der Waals surface area contributed by atoms with Crippen molar-refractivity contribution in [2.45, 2.75) is 26.8 Å². The third kappa shape index (κ3) is 4.64. The summed E-state index contributed by atoms with van der Waals surface area (Å²) in [7, 11) is 0. The van der Waals surface area contributed by atoms with Gasteiger partial charge in [0.15, 0.2) is 0 Å². The van der Waals surface area contributed by atoms with E-state index in [0.717, 1.165) is 11.3 Å². The fourth-order valence-electron chi connectivity index (χ4n) is 3.36. The molecular formula is C21H26N4O4. The van der Waals surface area contributed by atoms with Crippen LogP contribution >= 0.6 is 0 Å². The summed E-state index contributed by atoms with van der Waals surface area (Å²) in [6, 6.07) is 9.78. The second-order valence-corrected chi connectivity index (χ2v) is 6.97. The van der Waals surface area contributed by atoms with Crippen molar-refractivity contribution in [1.82, 2.24) is 19.6 Å². The molecule has 0 saturated carbocycles. The van der Waals surface area contributed by atoms with Crippen LogP contribution in [0.5, 0.6) is 5.75 Å². The normalized spacial score (nSPS) is 15.1. The molecule has 1 unspecified atom stereocenters. The van der Waals surface area contributed by atoms with E-state index in [1.165, 1.54) is 17.7 Å². The van der Waals surface area contributed by atoms with Gasteiger partial charge in [-0.3, -0.25) is 14.4 Å². The highest BCUT2D eigenvalue weighted by molar-refractivity contribution is 5.80. The van der Waals surface area contributed by atoms with Crippen LogP contribution in [0.15, 0.2) is 41.2 Å². The van der Waals surface area contributed by atoms with E-state index in [2.05, 4.69) is 5.10 Å². The van der Waals surface area contributed by atoms with Crippen molar-refractivity contribution in [2.75, 3.05) is 32.8 Å². The van der Waals surface area contributed by atoms with Crippen molar-refractivity contribution in [2.24, 2.45) is 0 Å². The van der Waals surface area contributed by atoms with Gasteiger partial charge in [0.05, 0.1) is 12.3 Å². The Morgan fingerprint density at radius 3 is 2.24 bits per heavy atom. The maximum absolute atomic E-state index is 12.9. The summed E-state index contributed by atoms with van der Waals surface area (Å²) in [5.74, 6) is 0.593. The molecule has 3 rings (SSSR count). The van der Waals surface area contributed by atoms with E-state index in [0.29, 0.717) is 38.5 Å². The van der Waals surface area contributed by atoms with Gasteiger partial charge in [-0.1, -0.05) is 0 Å². The average molecular weight is 398 g/mol. The van der Waals surface area contributed by atoms with Gasteiger partial charge in [0.25, 0.3) is 5.56 Å². The lowest BCUT2D eigenvalue weighted by atomic mass is 10.1. The molecule has 29 heavy (non-hydrogen) atoms. The lowest BCUT2D eigenvalue weighted by Gasteiger charge is -2.35. The molecule has 0 N–H and O–H groups in total. The van der Waals surface area contributed by atoms with Crippen molar-refractivity contribution in [3.05, 3.63) is 46.8 Å². The number of ether oxygens (including phenoxy) is 1. The van der Waals surface area contributed by atoms with Gasteiger partial charge < -0.3 is 14.5 Å². The van der Waals surface area contributed by atoms with Crippen molar-refractivity contribution in [3.8, 4) is 17.0 Å². The van der Waals surface area contributed by atoms with Crippen molar-refractivity contribution in [1.29, 1.82) is 0 Å². The molecule has 0 radical (unpaired) electrons. The van der Waals surface area contributed by atoms with Gasteiger partial charge in [-0.25, -0.2) is 4.68 Å². The molecule has 1 aliphatic rings. The van der Waals surface area contributed by atoms with E-state index in [4.69, 9.17) is 4.74 Å². The number of rotatable bonds is 5. The highest BCUT2D eigenvalue weighted by Crippen LogP contribution is 2.20. The molecule has 1 fully saturated rings. The molecule has 1 saturated heterocycles. The van der Waals surface area contributed by atoms with Crippen LogP contribution in [-0.2, 0) is 9.59 Å². The minimum Gasteiger partial charge on any atom is -0.494 e. The molecule has 8 nitrogen and oxygen atoms in total. The van der Waals surface area contributed by atoms with Gasteiger partial charge >= 0.3 is 0 Å². The third-order valence-electron chi connectivity index (χ3n) is 5.05. The van der Waals surface area contributed by atoms with Crippen LogP contribution < -0.4 is 10.3 Å². The van der Waals surface area contributed by atoms with Crippen LogP contribution in [-0.4, -0.2) is 64.2 Å². The van der Waals surface area contributed by atoms with Crippen LogP contribution in [0.1, 0.15) is 26.8 Å². The number of amides is 2. The first-order chi connectivity index (χ1) is 13.9. The molecule has 8 heteroatoms. The first-order valence-corrected chi connectivity index (χ1v) is 9.78. The van der Waals surface area contributed by atoms with Crippen molar-refractivity contribution >= 4 is 11.8 Å². The molecule has 0 aliphatic carbocycles. The molecule has 2 aromatic rings. The second-order valence-electron chi connectivity index (χ2n) is 6.97. The van der Waals surface area contributed by atoms with Gasteiger partial charge in [0.1, 0.15) is 11.8 Å². The summed E-state index contributed by atoms with van der Waals surface area (Å²) < 4.78 is 6.68. The number of carbonyl (C=O) groups excluding carboxylic acids is 2. The molecule has 2 amide bonds. The molecule has 1 aliphatic heterocycles. The van der Waals surface area contributed by atoms with Gasteiger partial charge in [-0.05, 0) is 44.2 Å². The zero-order valence-electron chi connectivity index (χ0n) is 17.0. The lowest BCUT2D eigenvalue weighted by molar-refractivity contribution is -0.140. The number of carbonyl (C=O) groups is 2. The van der Waals surface area contributed by atoms with Crippen LogP contribution in [0.2, 0.25) is 0 Å². The Bertz CT molecular complexity index is 930. The van der Waals surface area contributed by atoms with E-state index in [9.17, 15) is 14.4 Å². The fraction of sp³-hybridized carbons (Fsp3) is 0.429. The monoisotopic (exact) mass is 398 g/mol. The molecule has 1 atom stereocenters. The van der Waals surface area contributed by atoms with Crippen molar-refractivity contribution < 1.29 is 14.3 Å². The highest BCUT2D eigenvalue weighted by Gasteiger charge is 2.27. The Labute approximate surface area is 169 Å². The Hall–Kier alpha value is -3.16. The largest absolute Gasteiger partial charge is 0.494 e.